The van der Waals surface area contributed by atoms with Crippen LogP contribution in [0.25, 0.3) is 0 Å². The van der Waals surface area contributed by atoms with Crippen LogP contribution in [0.4, 0.5) is 5.69 Å². The molecule has 0 aliphatic heterocycles. The number of carbonyl (C=O) groups excluding carboxylic acids is 1. The van der Waals surface area contributed by atoms with Gasteiger partial charge in [-0.2, -0.15) is 0 Å². The molecule has 1 atom stereocenters. The number of hydrogen-bond acceptors (Lipinski definition) is 5. The number of ketones is 1. The first-order valence-electron chi connectivity index (χ1n) is 4.44. The molecule has 1 aromatic carbocycles. The van der Waals surface area contributed by atoms with Crippen molar-refractivity contribution < 1.29 is 18.1 Å². The minimum absolute atomic E-state index is 0.0408. The summed E-state index contributed by atoms with van der Waals surface area (Å²) >= 11 is 4.30. The van der Waals surface area contributed by atoms with Gasteiger partial charge < -0.3 is 0 Å². The van der Waals surface area contributed by atoms with Crippen molar-refractivity contribution in [1.29, 1.82) is 0 Å². The van der Waals surface area contributed by atoms with Crippen LogP contribution < -0.4 is 0 Å². The number of rotatable bonds is 4. The van der Waals surface area contributed by atoms with Crippen molar-refractivity contribution in [3.8, 4) is 0 Å². The molecule has 0 aromatic heterocycles. The van der Waals surface area contributed by atoms with Gasteiger partial charge in [0.15, 0.2) is 9.84 Å². The van der Waals surface area contributed by atoms with Gasteiger partial charge in [-0.3, -0.25) is 14.9 Å². The molecule has 0 heterocycles. The Kier molecular flexibility index (Phi) is 4.49. The molecule has 1 rings (SSSR count). The van der Waals surface area contributed by atoms with Gasteiger partial charge >= 0.3 is 0 Å². The molecule has 0 bridgehead atoms. The molecule has 0 aliphatic carbocycles. The molecule has 98 valence electrons. The highest BCUT2D eigenvalue weighted by atomic mass is 127. The molecule has 0 amide bonds. The van der Waals surface area contributed by atoms with E-state index in [0.717, 1.165) is 12.3 Å². The number of halogens is 2. The maximum atomic E-state index is 12.0. The Hall–Kier alpha value is -0.550. The lowest BCUT2D eigenvalue weighted by atomic mass is 10.1. The van der Waals surface area contributed by atoms with Gasteiger partial charge in [0.25, 0.3) is 5.69 Å². The van der Waals surface area contributed by atoms with Gasteiger partial charge in [-0.05, 0) is 38.5 Å². The lowest BCUT2D eigenvalue weighted by Crippen LogP contribution is -2.33. The van der Waals surface area contributed by atoms with Gasteiger partial charge in [0.2, 0.25) is 7.45 Å². The molecule has 0 saturated heterocycles. The Bertz CT molecular complexity index is 613. The summed E-state index contributed by atoms with van der Waals surface area (Å²) in [5.41, 5.74) is -0.310. The summed E-state index contributed by atoms with van der Waals surface area (Å²) in [6, 6.07) is 4.92. The summed E-state index contributed by atoms with van der Waals surface area (Å²) in [7, 11) is -3.70. The number of non-ortho nitro benzene ring substituents is 1. The van der Waals surface area contributed by atoms with Crippen molar-refractivity contribution in [1.82, 2.24) is 0 Å². The van der Waals surface area contributed by atoms with Crippen LogP contribution in [-0.4, -0.2) is 27.0 Å². The number of carbonyl (C=O) groups is 1. The van der Waals surface area contributed by atoms with Crippen LogP contribution in [0.2, 0.25) is 0 Å². The summed E-state index contributed by atoms with van der Waals surface area (Å²) in [5, 5.41) is 10.6. The second kappa shape index (κ2) is 5.21. The molecule has 9 heteroatoms. The maximum absolute atomic E-state index is 12.0. The molecule has 0 spiro atoms. The average molecular weight is 448 g/mol. The second-order valence-electron chi connectivity index (χ2n) is 3.43. The van der Waals surface area contributed by atoms with E-state index in [0.29, 0.717) is 0 Å². The number of benzene rings is 1. The van der Waals surface area contributed by atoms with Crippen LogP contribution in [0.3, 0.4) is 0 Å². The van der Waals surface area contributed by atoms with Crippen molar-refractivity contribution in [3.63, 3.8) is 0 Å². The molecular weight excluding hydrogens is 441 g/mol. The highest BCUT2D eigenvalue weighted by Gasteiger charge is 2.43. The summed E-state index contributed by atoms with van der Waals surface area (Å²) in [4.78, 5) is 22.0. The van der Waals surface area contributed by atoms with Crippen molar-refractivity contribution in [3.05, 3.63) is 39.9 Å². The van der Waals surface area contributed by atoms with Gasteiger partial charge in [0.1, 0.15) is 0 Å². The van der Waals surface area contributed by atoms with Gasteiger partial charge in [-0.25, -0.2) is 8.42 Å². The number of alkyl halides is 2. The Morgan fingerprint density at radius 1 is 1.50 bits per heavy atom. The zero-order chi connectivity index (χ0) is 14.1. The molecule has 18 heavy (non-hydrogen) atoms. The predicted octanol–water partition coefficient (Wildman–Crippen LogP) is 2.31. The summed E-state index contributed by atoms with van der Waals surface area (Å²) in [6.07, 6.45) is 0.906. The first-order valence-corrected chi connectivity index (χ1v) is 8.20. The fourth-order valence-corrected chi connectivity index (χ4v) is 2.09. The minimum atomic E-state index is -3.70. The zero-order valence-corrected chi connectivity index (χ0v) is 13.5. The van der Waals surface area contributed by atoms with E-state index in [1.807, 2.05) is 0 Å². The highest BCUT2D eigenvalue weighted by Crippen LogP contribution is 2.36. The number of sulfone groups is 1. The smallest absolute Gasteiger partial charge is 0.270 e. The Balaban J connectivity index is 3.28. The standard InChI is InChI=1S/C9H7BrINO5S/c1-18(16,17)9(10,11)8(13)6-3-2-4-7(5-6)12(14)15/h2-5H,1H3/t9-/m1/s1. The largest absolute Gasteiger partial charge is 0.290 e. The molecule has 0 fully saturated rings. The van der Waals surface area contributed by atoms with Crippen molar-refractivity contribution in [2.24, 2.45) is 0 Å². The fraction of sp³-hybridized carbons (Fsp3) is 0.222. The molecule has 0 radical (unpaired) electrons. The van der Waals surface area contributed by atoms with E-state index in [1.165, 1.54) is 40.8 Å². The summed E-state index contributed by atoms with van der Waals surface area (Å²) < 4.78 is 21.1. The summed E-state index contributed by atoms with van der Waals surface area (Å²) in [5.74, 6) is -0.755. The molecule has 0 N–H and O–H groups in total. The van der Waals surface area contributed by atoms with Crippen molar-refractivity contribution in [2.75, 3.05) is 6.26 Å². The number of Topliss-reactive ketones (excluding diaryl/α,β-unsaturated/α-hetero) is 1. The van der Waals surface area contributed by atoms with E-state index in [9.17, 15) is 23.3 Å². The van der Waals surface area contributed by atoms with E-state index in [1.54, 1.807) is 0 Å². The monoisotopic (exact) mass is 447 g/mol. The Labute approximate surface area is 125 Å². The first-order chi connectivity index (χ1) is 8.07. The predicted molar refractivity (Wildman–Crippen MR) is 77.9 cm³/mol. The van der Waals surface area contributed by atoms with Crippen molar-refractivity contribution in [2.45, 2.75) is 1.66 Å². The topological polar surface area (TPSA) is 94.3 Å². The quantitative estimate of drug-likeness (QED) is 0.232. The van der Waals surface area contributed by atoms with Gasteiger partial charge in [-0.15, -0.1) is 0 Å². The van der Waals surface area contributed by atoms with E-state index in [2.05, 4.69) is 15.9 Å². The third-order valence-electron chi connectivity index (χ3n) is 2.05. The van der Waals surface area contributed by atoms with Crippen LogP contribution in [0, 0.1) is 10.1 Å². The normalized spacial score (nSPS) is 14.8. The second-order valence-corrected chi connectivity index (χ2v) is 11.1. The molecule has 0 aliphatic rings. The van der Waals surface area contributed by atoms with Crippen LogP contribution in [-0.2, 0) is 9.84 Å². The van der Waals surface area contributed by atoms with Crippen LogP contribution >= 0.6 is 38.5 Å². The molecule has 0 unspecified atom stereocenters. The fourth-order valence-electron chi connectivity index (χ4n) is 1.10. The van der Waals surface area contributed by atoms with E-state index in [4.69, 9.17) is 0 Å². The van der Waals surface area contributed by atoms with E-state index >= 15 is 0 Å². The molecular formula is C9H7BrINO5S. The van der Waals surface area contributed by atoms with E-state index < -0.39 is 22.2 Å². The zero-order valence-electron chi connectivity index (χ0n) is 8.96. The lowest BCUT2D eigenvalue weighted by molar-refractivity contribution is -0.384. The van der Waals surface area contributed by atoms with Gasteiger partial charge in [-0.1, -0.05) is 12.1 Å². The molecule has 1 aromatic rings. The Morgan fingerprint density at radius 3 is 2.50 bits per heavy atom. The number of nitro benzene ring substituents is 1. The SMILES string of the molecule is CS(=O)(=O)[C@](Br)(I)C(=O)c1cccc([N+](=O)[O-])c1. The van der Waals surface area contributed by atoms with Crippen LogP contribution in [0.1, 0.15) is 10.4 Å². The van der Waals surface area contributed by atoms with Crippen LogP contribution in [0.15, 0.2) is 24.3 Å². The summed E-state index contributed by atoms with van der Waals surface area (Å²) in [6.45, 7) is 0. The third-order valence-corrected chi connectivity index (χ3v) is 8.18. The molecule has 0 saturated carbocycles. The van der Waals surface area contributed by atoms with Crippen LogP contribution in [0.5, 0.6) is 0 Å². The number of nitro groups is 1. The maximum Gasteiger partial charge on any atom is 0.270 e. The van der Waals surface area contributed by atoms with Crippen molar-refractivity contribution >= 4 is 59.8 Å². The number of hydrogen-bond donors (Lipinski definition) is 0. The average Bonchev–Trinajstić information content (AvgIpc) is 2.26. The Morgan fingerprint density at radius 2 is 2.06 bits per heavy atom. The highest BCUT2D eigenvalue weighted by molar-refractivity contribution is 14.1. The van der Waals surface area contributed by atoms with Gasteiger partial charge in [0.05, 0.1) is 4.92 Å². The molecule has 6 nitrogen and oxygen atoms in total. The van der Waals surface area contributed by atoms with Gasteiger partial charge in [0, 0.05) is 24.0 Å². The van der Waals surface area contributed by atoms with E-state index in [-0.39, 0.29) is 11.3 Å². The lowest BCUT2D eigenvalue weighted by Gasteiger charge is -2.16. The first kappa shape index (κ1) is 15.5. The number of nitrogens with zero attached hydrogens (tertiary/aromatic N) is 1. The third kappa shape index (κ3) is 3.06. The minimum Gasteiger partial charge on any atom is -0.290 e.